The maximum Gasteiger partial charge on any atom is 0.277 e. The molecule has 3 heterocycles. The van der Waals surface area contributed by atoms with Crippen LogP contribution in [-0.4, -0.2) is 35.2 Å². The minimum Gasteiger partial charge on any atom is -0.305 e. The molecule has 4 aromatic rings. The Bertz CT molecular complexity index is 1280. The zero-order valence-corrected chi connectivity index (χ0v) is 15.9. The second kappa shape index (κ2) is 8.03. The van der Waals surface area contributed by atoms with Crippen molar-refractivity contribution in [2.45, 2.75) is 13.5 Å². The summed E-state index contributed by atoms with van der Waals surface area (Å²) in [6.07, 6.45) is 4.71. The monoisotopic (exact) mass is 405 g/mol. The van der Waals surface area contributed by atoms with Gasteiger partial charge in [-0.1, -0.05) is 12.1 Å². The van der Waals surface area contributed by atoms with Crippen molar-refractivity contribution in [3.63, 3.8) is 0 Å². The van der Waals surface area contributed by atoms with Crippen LogP contribution in [0.2, 0.25) is 0 Å². The number of hydrogen-bond donors (Lipinski definition) is 1. The van der Waals surface area contributed by atoms with Gasteiger partial charge in [-0.3, -0.25) is 14.2 Å². The summed E-state index contributed by atoms with van der Waals surface area (Å²) >= 11 is 0. The number of benzene rings is 1. The van der Waals surface area contributed by atoms with Crippen molar-refractivity contribution in [2.75, 3.05) is 5.32 Å². The third-order valence-corrected chi connectivity index (χ3v) is 4.29. The zero-order valence-electron chi connectivity index (χ0n) is 15.9. The lowest BCUT2D eigenvalue weighted by Gasteiger charge is -2.09. The third-order valence-electron chi connectivity index (χ3n) is 4.29. The maximum atomic E-state index is 13.4. The Labute approximate surface area is 169 Å². The van der Waals surface area contributed by atoms with Crippen LogP contribution >= 0.6 is 0 Å². The third kappa shape index (κ3) is 4.12. The van der Waals surface area contributed by atoms with Crippen molar-refractivity contribution < 1.29 is 9.18 Å². The number of amides is 1. The number of aryl methyl sites for hydroxylation is 1. The Hall–Kier alpha value is -4.21. The van der Waals surface area contributed by atoms with Crippen molar-refractivity contribution in [2.24, 2.45) is 0 Å². The van der Waals surface area contributed by atoms with Gasteiger partial charge in [-0.25, -0.2) is 24.0 Å². The van der Waals surface area contributed by atoms with Crippen molar-refractivity contribution in [3.8, 4) is 5.82 Å². The van der Waals surface area contributed by atoms with E-state index in [1.54, 1.807) is 35.2 Å². The lowest BCUT2D eigenvalue weighted by Crippen LogP contribution is -2.26. The summed E-state index contributed by atoms with van der Waals surface area (Å²) in [5.74, 6) is 0.580. The molecule has 0 radical (unpaired) electrons. The van der Waals surface area contributed by atoms with E-state index in [-0.39, 0.29) is 18.1 Å². The van der Waals surface area contributed by atoms with E-state index in [4.69, 9.17) is 0 Å². The summed E-state index contributed by atoms with van der Waals surface area (Å²) in [7, 11) is 0. The van der Waals surface area contributed by atoms with E-state index in [0.29, 0.717) is 11.4 Å². The van der Waals surface area contributed by atoms with Crippen LogP contribution in [0.1, 0.15) is 21.9 Å². The normalized spacial score (nSPS) is 10.7. The molecule has 1 amide bonds. The Morgan fingerprint density at radius 1 is 1.13 bits per heavy atom. The quantitative estimate of drug-likeness (QED) is 0.544. The zero-order chi connectivity index (χ0) is 21.1. The van der Waals surface area contributed by atoms with Crippen molar-refractivity contribution in [1.29, 1.82) is 0 Å². The van der Waals surface area contributed by atoms with Crippen LogP contribution in [0.5, 0.6) is 0 Å². The average molecular weight is 405 g/mol. The second-order valence-electron chi connectivity index (χ2n) is 6.40. The first-order valence-corrected chi connectivity index (χ1v) is 8.96. The van der Waals surface area contributed by atoms with E-state index in [1.807, 2.05) is 6.92 Å². The molecule has 0 saturated heterocycles. The predicted molar refractivity (Wildman–Crippen MR) is 106 cm³/mol. The highest BCUT2D eigenvalue weighted by atomic mass is 19.1. The predicted octanol–water partition coefficient (Wildman–Crippen LogP) is 1.97. The van der Waals surface area contributed by atoms with Gasteiger partial charge in [0.25, 0.3) is 11.5 Å². The van der Waals surface area contributed by atoms with Crippen LogP contribution in [-0.2, 0) is 6.54 Å². The number of carbonyl (C=O) groups is 1. The number of rotatable bonds is 5. The number of nitrogens with one attached hydrogen (secondary N) is 1. The number of carbonyl (C=O) groups excluding carboxylic acids is 1. The fourth-order valence-corrected chi connectivity index (χ4v) is 2.84. The van der Waals surface area contributed by atoms with Gasteiger partial charge < -0.3 is 5.32 Å². The maximum absolute atomic E-state index is 13.4. The summed E-state index contributed by atoms with van der Waals surface area (Å²) in [5.41, 5.74) is 0.166. The van der Waals surface area contributed by atoms with Gasteiger partial charge in [-0.05, 0) is 30.7 Å². The van der Waals surface area contributed by atoms with Crippen LogP contribution in [0.25, 0.3) is 5.82 Å². The standard InChI is InChI=1S/C20H16FN7O2/c1-13-22-7-8-27(13)18-10-17(23-12-24-18)25-20(30)16-5-6-19(29)28(26-16)11-14-3-2-4-15(21)9-14/h2-10,12H,11H2,1H3,(H,23,24,25,30). The molecule has 0 aliphatic carbocycles. The van der Waals surface area contributed by atoms with Gasteiger partial charge in [0, 0.05) is 24.5 Å². The van der Waals surface area contributed by atoms with E-state index < -0.39 is 17.3 Å². The molecule has 10 heteroatoms. The summed E-state index contributed by atoms with van der Waals surface area (Å²) in [5, 5.41) is 6.73. The van der Waals surface area contributed by atoms with Crippen LogP contribution < -0.4 is 10.9 Å². The molecule has 30 heavy (non-hydrogen) atoms. The molecule has 9 nitrogen and oxygen atoms in total. The molecule has 0 aliphatic rings. The highest BCUT2D eigenvalue weighted by molar-refractivity contribution is 6.02. The number of anilines is 1. The highest BCUT2D eigenvalue weighted by Gasteiger charge is 2.12. The molecule has 1 N–H and O–H groups in total. The minimum absolute atomic E-state index is 0.0185. The summed E-state index contributed by atoms with van der Waals surface area (Å²) in [6, 6.07) is 9.98. The molecule has 0 spiro atoms. The fraction of sp³-hybridized carbons (Fsp3) is 0.100. The Morgan fingerprint density at radius 3 is 2.77 bits per heavy atom. The minimum atomic E-state index is -0.546. The number of halogens is 1. The molecule has 0 bridgehead atoms. The summed E-state index contributed by atoms with van der Waals surface area (Å²) in [6.45, 7) is 1.86. The first-order chi connectivity index (χ1) is 14.5. The van der Waals surface area contributed by atoms with Crippen LogP contribution in [0.15, 0.2) is 66.0 Å². The lowest BCUT2D eigenvalue weighted by molar-refractivity contribution is 0.101. The van der Waals surface area contributed by atoms with Gasteiger partial charge in [-0.15, -0.1) is 0 Å². The molecule has 0 unspecified atom stereocenters. The van der Waals surface area contributed by atoms with Gasteiger partial charge >= 0.3 is 0 Å². The van der Waals surface area contributed by atoms with E-state index >= 15 is 0 Å². The molecule has 150 valence electrons. The van der Waals surface area contributed by atoms with E-state index in [2.05, 4.69) is 25.4 Å². The summed E-state index contributed by atoms with van der Waals surface area (Å²) in [4.78, 5) is 37.1. The number of hydrogen-bond acceptors (Lipinski definition) is 6. The van der Waals surface area contributed by atoms with E-state index in [9.17, 15) is 14.0 Å². The van der Waals surface area contributed by atoms with Crippen molar-refractivity contribution in [3.05, 3.63) is 94.4 Å². The van der Waals surface area contributed by atoms with E-state index in [1.165, 1.54) is 30.6 Å². The molecular formula is C20H16FN7O2. The fourth-order valence-electron chi connectivity index (χ4n) is 2.84. The van der Waals surface area contributed by atoms with Crippen LogP contribution in [0, 0.1) is 12.7 Å². The Balaban J connectivity index is 1.56. The summed E-state index contributed by atoms with van der Waals surface area (Å²) < 4.78 is 16.2. The first kappa shape index (κ1) is 19.1. The van der Waals surface area contributed by atoms with Gasteiger partial charge in [0.15, 0.2) is 0 Å². The molecule has 0 aliphatic heterocycles. The molecule has 0 atom stereocenters. The lowest BCUT2D eigenvalue weighted by atomic mass is 10.2. The van der Waals surface area contributed by atoms with Gasteiger partial charge in [0.05, 0.1) is 6.54 Å². The molecule has 0 saturated carbocycles. The van der Waals surface area contributed by atoms with Crippen molar-refractivity contribution >= 4 is 11.7 Å². The molecule has 0 fully saturated rings. The topological polar surface area (TPSA) is 108 Å². The largest absolute Gasteiger partial charge is 0.305 e. The molecule has 4 rings (SSSR count). The Kier molecular flexibility index (Phi) is 5.12. The van der Waals surface area contributed by atoms with Gasteiger partial charge in [0.1, 0.15) is 35.3 Å². The number of imidazole rings is 1. The van der Waals surface area contributed by atoms with Gasteiger partial charge in [-0.2, -0.15) is 5.10 Å². The second-order valence-corrected chi connectivity index (χ2v) is 6.40. The molecular weight excluding hydrogens is 389 g/mol. The van der Waals surface area contributed by atoms with Crippen LogP contribution in [0.4, 0.5) is 10.2 Å². The SMILES string of the molecule is Cc1nccn1-c1cc(NC(=O)c2ccc(=O)n(Cc3cccc(F)c3)n2)ncn1. The van der Waals surface area contributed by atoms with E-state index in [0.717, 1.165) is 10.5 Å². The van der Waals surface area contributed by atoms with Crippen molar-refractivity contribution in [1.82, 2.24) is 29.3 Å². The highest BCUT2D eigenvalue weighted by Crippen LogP contribution is 2.12. The molecule has 3 aromatic heterocycles. The smallest absolute Gasteiger partial charge is 0.277 e. The molecule has 1 aromatic carbocycles. The van der Waals surface area contributed by atoms with Crippen LogP contribution in [0.3, 0.4) is 0 Å². The average Bonchev–Trinajstić information content (AvgIpc) is 3.16. The van der Waals surface area contributed by atoms with Gasteiger partial charge in [0.2, 0.25) is 0 Å². The number of aromatic nitrogens is 6. The first-order valence-electron chi connectivity index (χ1n) is 8.96. The number of nitrogens with zero attached hydrogens (tertiary/aromatic N) is 6. The Morgan fingerprint density at radius 2 is 2.00 bits per heavy atom.